The zero-order valence-corrected chi connectivity index (χ0v) is 18.0. The van der Waals surface area contributed by atoms with Gasteiger partial charge in [0.15, 0.2) is 0 Å². The molecule has 0 N–H and O–H groups in total. The molecule has 7 heteroatoms. The highest BCUT2D eigenvalue weighted by molar-refractivity contribution is 5.86. The maximum atomic E-state index is 15.0. The SMILES string of the molecule is COCCOc1ccc(-c2ccc(-c3cc(C)c4cc(C(F)(F)F)ccc4n3)cc2F)cc1. The van der Waals surface area contributed by atoms with E-state index < -0.39 is 17.6 Å². The molecule has 0 saturated carbocycles. The van der Waals surface area contributed by atoms with Crippen molar-refractivity contribution in [2.75, 3.05) is 20.3 Å². The first-order valence-electron chi connectivity index (χ1n) is 10.3. The molecule has 0 saturated heterocycles. The van der Waals surface area contributed by atoms with E-state index in [2.05, 4.69) is 4.98 Å². The molecule has 0 fully saturated rings. The van der Waals surface area contributed by atoms with E-state index in [4.69, 9.17) is 9.47 Å². The second kappa shape index (κ2) is 9.19. The molecule has 0 spiro atoms. The minimum atomic E-state index is -4.42. The maximum absolute atomic E-state index is 15.0. The molecule has 0 aliphatic heterocycles. The van der Waals surface area contributed by atoms with Crippen molar-refractivity contribution >= 4 is 10.9 Å². The van der Waals surface area contributed by atoms with Gasteiger partial charge in [0, 0.05) is 23.6 Å². The van der Waals surface area contributed by atoms with Crippen molar-refractivity contribution in [3.8, 4) is 28.1 Å². The summed E-state index contributed by atoms with van der Waals surface area (Å²) in [5, 5.41) is 0.415. The Labute approximate surface area is 188 Å². The van der Waals surface area contributed by atoms with Gasteiger partial charge < -0.3 is 9.47 Å². The van der Waals surface area contributed by atoms with Crippen LogP contribution >= 0.6 is 0 Å². The second-order valence-electron chi connectivity index (χ2n) is 7.61. The summed E-state index contributed by atoms with van der Waals surface area (Å²) in [6, 6.07) is 17.0. The van der Waals surface area contributed by atoms with Crippen molar-refractivity contribution in [2.24, 2.45) is 0 Å². The number of ether oxygens (including phenoxy) is 2. The number of pyridine rings is 1. The van der Waals surface area contributed by atoms with Crippen LogP contribution in [-0.2, 0) is 10.9 Å². The van der Waals surface area contributed by atoms with Gasteiger partial charge in [0.2, 0.25) is 0 Å². The number of nitrogens with zero attached hydrogens (tertiary/aromatic N) is 1. The van der Waals surface area contributed by atoms with Crippen molar-refractivity contribution in [2.45, 2.75) is 13.1 Å². The molecule has 33 heavy (non-hydrogen) atoms. The summed E-state index contributed by atoms with van der Waals surface area (Å²) in [4.78, 5) is 4.46. The first kappa shape index (κ1) is 22.7. The van der Waals surface area contributed by atoms with Crippen LogP contribution in [0.4, 0.5) is 17.6 Å². The van der Waals surface area contributed by atoms with Gasteiger partial charge in [-0.1, -0.05) is 24.3 Å². The molecule has 4 rings (SSSR count). The molecule has 0 bridgehead atoms. The fourth-order valence-corrected chi connectivity index (χ4v) is 3.60. The third kappa shape index (κ3) is 4.98. The quantitative estimate of drug-likeness (QED) is 0.230. The first-order valence-corrected chi connectivity index (χ1v) is 10.3. The molecule has 1 heterocycles. The Kier molecular flexibility index (Phi) is 6.33. The van der Waals surface area contributed by atoms with E-state index in [1.165, 1.54) is 12.1 Å². The standard InChI is InChI=1S/C26H21F4NO2/c1-16-13-25(31-24-10-6-19(15-22(16)24)26(28,29)30)18-5-9-21(23(27)14-18)17-3-7-20(8-4-17)33-12-11-32-2/h3-10,13-15H,11-12H2,1-2H3. The number of benzene rings is 3. The summed E-state index contributed by atoms with van der Waals surface area (Å²) >= 11 is 0. The van der Waals surface area contributed by atoms with Crippen LogP contribution in [-0.4, -0.2) is 25.3 Å². The Morgan fingerprint density at radius 1 is 0.848 bits per heavy atom. The van der Waals surface area contributed by atoms with Crippen LogP contribution in [0, 0.1) is 12.7 Å². The van der Waals surface area contributed by atoms with Crippen molar-refractivity contribution in [1.29, 1.82) is 0 Å². The van der Waals surface area contributed by atoms with Gasteiger partial charge in [-0.05, 0) is 60.5 Å². The van der Waals surface area contributed by atoms with Gasteiger partial charge >= 0.3 is 6.18 Å². The third-order valence-electron chi connectivity index (χ3n) is 5.33. The molecule has 4 aromatic rings. The number of hydrogen-bond acceptors (Lipinski definition) is 3. The molecule has 0 aliphatic rings. The number of aromatic nitrogens is 1. The zero-order chi connectivity index (χ0) is 23.6. The molecule has 3 aromatic carbocycles. The number of rotatable bonds is 6. The van der Waals surface area contributed by atoms with Gasteiger partial charge in [-0.3, -0.25) is 0 Å². The smallest absolute Gasteiger partial charge is 0.416 e. The lowest BCUT2D eigenvalue weighted by atomic mass is 9.99. The Bertz CT molecular complexity index is 1280. The predicted molar refractivity (Wildman–Crippen MR) is 120 cm³/mol. The van der Waals surface area contributed by atoms with E-state index in [9.17, 15) is 17.6 Å². The molecule has 0 aliphatic carbocycles. The van der Waals surface area contributed by atoms with Crippen molar-refractivity contribution in [3.05, 3.63) is 83.7 Å². The number of halogens is 4. The lowest BCUT2D eigenvalue weighted by molar-refractivity contribution is -0.137. The average Bonchev–Trinajstić information content (AvgIpc) is 2.79. The zero-order valence-electron chi connectivity index (χ0n) is 18.0. The number of hydrogen-bond donors (Lipinski definition) is 0. The Balaban J connectivity index is 1.62. The Morgan fingerprint density at radius 3 is 2.24 bits per heavy atom. The van der Waals surface area contributed by atoms with Gasteiger partial charge in [0.1, 0.15) is 18.2 Å². The minimum Gasteiger partial charge on any atom is -0.491 e. The number of fused-ring (bicyclic) bond motifs is 1. The van der Waals surface area contributed by atoms with Crippen molar-refractivity contribution < 1.29 is 27.0 Å². The molecule has 0 radical (unpaired) electrons. The third-order valence-corrected chi connectivity index (χ3v) is 5.33. The summed E-state index contributed by atoms with van der Waals surface area (Å²) in [6.45, 7) is 2.62. The fraction of sp³-hybridized carbons (Fsp3) is 0.192. The molecule has 0 amide bonds. The van der Waals surface area contributed by atoms with Crippen LogP contribution in [0.5, 0.6) is 5.75 Å². The van der Waals surface area contributed by atoms with Gasteiger partial charge in [-0.2, -0.15) is 13.2 Å². The number of methoxy groups -OCH3 is 1. The molecule has 170 valence electrons. The Hall–Kier alpha value is -3.45. The maximum Gasteiger partial charge on any atom is 0.416 e. The van der Waals surface area contributed by atoms with Crippen LogP contribution in [0.1, 0.15) is 11.1 Å². The molecule has 3 nitrogen and oxygen atoms in total. The Morgan fingerprint density at radius 2 is 1.58 bits per heavy atom. The van der Waals surface area contributed by atoms with Crippen LogP contribution in [0.25, 0.3) is 33.3 Å². The lowest BCUT2D eigenvalue weighted by Gasteiger charge is -2.12. The number of aryl methyl sites for hydroxylation is 1. The van der Waals surface area contributed by atoms with Gasteiger partial charge in [0.05, 0.1) is 23.4 Å². The topological polar surface area (TPSA) is 31.4 Å². The fourth-order valence-electron chi connectivity index (χ4n) is 3.60. The summed E-state index contributed by atoms with van der Waals surface area (Å²) in [7, 11) is 1.59. The summed E-state index contributed by atoms with van der Waals surface area (Å²) in [5.74, 6) is 0.241. The molecular formula is C26H21F4NO2. The second-order valence-corrected chi connectivity index (χ2v) is 7.61. The van der Waals surface area contributed by atoms with E-state index in [-0.39, 0.29) is 0 Å². The molecule has 0 atom stereocenters. The van der Waals surface area contributed by atoms with Crippen LogP contribution in [0.15, 0.2) is 66.7 Å². The summed E-state index contributed by atoms with van der Waals surface area (Å²) in [5.41, 5.74) is 2.49. The normalized spacial score (nSPS) is 11.7. The largest absolute Gasteiger partial charge is 0.491 e. The van der Waals surface area contributed by atoms with E-state index in [0.717, 1.165) is 12.1 Å². The van der Waals surface area contributed by atoms with Crippen LogP contribution in [0.3, 0.4) is 0 Å². The van der Waals surface area contributed by atoms with Gasteiger partial charge in [-0.25, -0.2) is 9.37 Å². The van der Waals surface area contributed by atoms with E-state index in [1.807, 2.05) is 0 Å². The average molecular weight is 455 g/mol. The predicted octanol–water partition coefficient (Wildman–Crippen LogP) is 7.06. The summed E-state index contributed by atoms with van der Waals surface area (Å²) < 4.78 is 64.5. The highest BCUT2D eigenvalue weighted by Crippen LogP contribution is 2.34. The van der Waals surface area contributed by atoms with Crippen LogP contribution in [0.2, 0.25) is 0 Å². The van der Waals surface area contributed by atoms with E-state index >= 15 is 0 Å². The monoisotopic (exact) mass is 455 g/mol. The highest BCUT2D eigenvalue weighted by atomic mass is 19.4. The van der Waals surface area contributed by atoms with Gasteiger partial charge in [-0.15, -0.1) is 0 Å². The molecule has 1 aromatic heterocycles. The van der Waals surface area contributed by atoms with E-state index in [1.54, 1.807) is 56.5 Å². The minimum absolute atomic E-state index is 0.415. The first-order chi connectivity index (χ1) is 15.8. The van der Waals surface area contributed by atoms with Crippen molar-refractivity contribution in [1.82, 2.24) is 4.98 Å². The molecule has 0 unspecified atom stereocenters. The highest BCUT2D eigenvalue weighted by Gasteiger charge is 2.30. The number of alkyl halides is 3. The lowest BCUT2D eigenvalue weighted by Crippen LogP contribution is -2.04. The van der Waals surface area contributed by atoms with Crippen LogP contribution < -0.4 is 4.74 Å². The van der Waals surface area contributed by atoms with Gasteiger partial charge in [0.25, 0.3) is 0 Å². The van der Waals surface area contributed by atoms with E-state index in [0.29, 0.717) is 57.8 Å². The molecular weight excluding hydrogens is 434 g/mol. The van der Waals surface area contributed by atoms with Crippen molar-refractivity contribution in [3.63, 3.8) is 0 Å². The summed E-state index contributed by atoms with van der Waals surface area (Å²) in [6.07, 6.45) is -4.42.